The molecule has 0 radical (unpaired) electrons. The van der Waals surface area contributed by atoms with E-state index in [0.29, 0.717) is 22.4 Å². The minimum absolute atomic E-state index is 0.600. The standard InChI is InChI=1S/C18H20Cl2N2O/c19-15-6-7-17(20)18(14-15)23-13-12-21-8-10-22(11-9-21)16-4-2-1-3-5-16/h1-7,14H,8-13H2. The van der Waals surface area contributed by atoms with E-state index in [0.717, 1.165) is 32.7 Å². The zero-order valence-corrected chi connectivity index (χ0v) is 14.4. The maximum Gasteiger partial charge on any atom is 0.139 e. The molecule has 1 aliphatic rings. The Bertz CT molecular complexity index is 628. The maximum absolute atomic E-state index is 6.10. The Hall–Kier alpha value is -1.42. The summed E-state index contributed by atoms with van der Waals surface area (Å²) >= 11 is 12.1. The van der Waals surface area contributed by atoms with Crippen LogP contribution in [0.2, 0.25) is 10.0 Å². The number of piperazine rings is 1. The van der Waals surface area contributed by atoms with Crippen LogP contribution >= 0.6 is 23.2 Å². The van der Waals surface area contributed by atoms with Crippen molar-refractivity contribution in [2.45, 2.75) is 0 Å². The van der Waals surface area contributed by atoms with Crippen molar-refractivity contribution >= 4 is 28.9 Å². The van der Waals surface area contributed by atoms with E-state index in [1.54, 1.807) is 18.2 Å². The molecule has 2 aromatic rings. The number of nitrogens with zero attached hydrogens (tertiary/aromatic N) is 2. The molecule has 0 saturated carbocycles. The van der Waals surface area contributed by atoms with Crippen LogP contribution < -0.4 is 9.64 Å². The van der Waals surface area contributed by atoms with Crippen LogP contribution in [-0.4, -0.2) is 44.2 Å². The van der Waals surface area contributed by atoms with Crippen molar-refractivity contribution in [3.8, 4) is 5.75 Å². The van der Waals surface area contributed by atoms with Gasteiger partial charge in [0.05, 0.1) is 5.02 Å². The lowest BCUT2D eigenvalue weighted by Crippen LogP contribution is -2.47. The molecule has 3 rings (SSSR count). The largest absolute Gasteiger partial charge is 0.491 e. The molecule has 2 aromatic carbocycles. The predicted octanol–water partition coefficient (Wildman–Crippen LogP) is 4.19. The van der Waals surface area contributed by atoms with Gasteiger partial charge in [-0.2, -0.15) is 0 Å². The monoisotopic (exact) mass is 350 g/mol. The van der Waals surface area contributed by atoms with Crippen molar-refractivity contribution in [3.05, 3.63) is 58.6 Å². The fourth-order valence-corrected chi connectivity index (χ4v) is 3.08. The molecule has 1 aliphatic heterocycles. The number of para-hydroxylation sites is 1. The highest BCUT2D eigenvalue weighted by Crippen LogP contribution is 2.27. The van der Waals surface area contributed by atoms with Gasteiger partial charge < -0.3 is 9.64 Å². The predicted molar refractivity (Wildman–Crippen MR) is 97.1 cm³/mol. The SMILES string of the molecule is Clc1ccc(Cl)c(OCCN2CCN(c3ccccc3)CC2)c1. The number of hydrogen-bond donors (Lipinski definition) is 0. The Balaban J connectivity index is 1.43. The van der Waals surface area contributed by atoms with Crippen molar-refractivity contribution in [1.29, 1.82) is 0 Å². The minimum atomic E-state index is 0.600. The fourth-order valence-electron chi connectivity index (χ4n) is 2.74. The van der Waals surface area contributed by atoms with E-state index in [1.807, 2.05) is 0 Å². The van der Waals surface area contributed by atoms with Gasteiger partial charge in [0.1, 0.15) is 12.4 Å². The molecule has 1 heterocycles. The van der Waals surface area contributed by atoms with E-state index in [-0.39, 0.29) is 0 Å². The third-order valence-electron chi connectivity index (χ3n) is 4.05. The second-order valence-corrected chi connectivity index (χ2v) is 6.43. The molecule has 0 bridgehead atoms. The first-order chi connectivity index (χ1) is 11.2. The van der Waals surface area contributed by atoms with Gasteiger partial charge in [-0.3, -0.25) is 4.90 Å². The first-order valence-corrected chi connectivity index (χ1v) is 8.58. The van der Waals surface area contributed by atoms with Crippen LogP contribution in [0.15, 0.2) is 48.5 Å². The van der Waals surface area contributed by atoms with Crippen molar-refractivity contribution < 1.29 is 4.74 Å². The molecule has 0 aliphatic carbocycles. The first kappa shape index (κ1) is 16.4. The lowest BCUT2D eigenvalue weighted by molar-refractivity contribution is 0.200. The molecule has 0 spiro atoms. The average molecular weight is 351 g/mol. The van der Waals surface area contributed by atoms with Crippen LogP contribution in [0.25, 0.3) is 0 Å². The molecule has 5 heteroatoms. The quantitative estimate of drug-likeness (QED) is 0.803. The zero-order chi connectivity index (χ0) is 16.1. The van der Waals surface area contributed by atoms with Crippen LogP contribution in [0.1, 0.15) is 0 Å². The highest BCUT2D eigenvalue weighted by molar-refractivity contribution is 6.34. The van der Waals surface area contributed by atoms with Crippen LogP contribution in [0.3, 0.4) is 0 Å². The molecular weight excluding hydrogens is 331 g/mol. The molecule has 23 heavy (non-hydrogen) atoms. The number of anilines is 1. The summed E-state index contributed by atoms with van der Waals surface area (Å²) in [5.74, 6) is 0.655. The second-order valence-electron chi connectivity index (χ2n) is 5.59. The van der Waals surface area contributed by atoms with E-state index in [2.05, 4.69) is 40.1 Å². The van der Waals surface area contributed by atoms with Crippen molar-refractivity contribution in [3.63, 3.8) is 0 Å². The Kier molecular flexibility index (Phi) is 5.65. The summed E-state index contributed by atoms with van der Waals surface area (Å²) in [5.41, 5.74) is 1.30. The zero-order valence-electron chi connectivity index (χ0n) is 12.9. The lowest BCUT2D eigenvalue weighted by Gasteiger charge is -2.36. The Morgan fingerprint density at radius 1 is 0.913 bits per heavy atom. The molecule has 0 unspecified atom stereocenters. The van der Waals surface area contributed by atoms with Gasteiger partial charge in [-0.25, -0.2) is 0 Å². The van der Waals surface area contributed by atoms with E-state index < -0.39 is 0 Å². The summed E-state index contributed by atoms with van der Waals surface area (Å²) in [5, 5.41) is 1.24. The summed E-state index contributed by atoms with van der Waals surface area (Å²) in [6.45, 7) is 5.68. The summed E-state index contributed by atoms with van der Waals surface area (Å²) in [4.78, 5) is 4.84. The topological polar surface area (TPSA) is 15.7 Å². The smallest absolute Gasteiger partial charge is 0.139 e. The fraction of sp³-hybridized carbons (Fsp3) is 0.333. The molecular formula is C18H20Cl2N2O. The third-order valence-corrected chi connectivity index (χ3v) is 4.60. The molecule has 0 aromatic heterocycles. The van der Waals surface area contributed by atoms with Gasteiger partial charge >= 0.3 is 0 Å². The van der Waals surface area contributed by atoms with Crippen molar-refractivity contribution in [2.24, 2.45) is 0 Å². The van der Waals surface area contributed by atoms with Gasteiger partial charge in [0.2, 0.25) is 0 Å². The van der Waals surface area contributed by atoms with Gasteiger partial charge in [-0.15, -0.1) is 0 Å². The second kappa shape index (κ2) is 7.91. The highest BCUT2D eigenvalue weighted by Gasteiger charge is 2.16. The highest BCUT2D eigenvalue weighted by atomic mass is 35.5. The van der Waals surface area contributed by atoms with E-state index in [9.17, 15) is 0 Å². The number of benzene rings is 2. The number of halogens is 2. The van der Waals surface area contributed by atoms with Crippen molar-refractivity contribution in [1.82, 2.24) is 4.90 Å². The first-order valence-electron chi connectivity index (χ1n) is 7.82. The van der Waals surface area contributed by atoms with Gasteiger partial charge in [0.25, 0.3) is 0 Å². The molecule has 0 N–H and O–H groups in total. The minimum Gasteiger partial charge on any atom is -0.491 e. The van der Waals surface area contributed by atoms with Gasteiger partial charge in [-0.05, 0) is 24.3 Å². The Morgan fingerprint density at radius 2 is 1.65 bits per heavy atom. The molecule has 1 fully saturated rings. The number of hydrogen-bond acceptors (Lipinski definition) is 3. The van der Waals surface area contributed by atoms with E-state index in [1.165, 1.54) is 5.69 Å². The lowest BCUT2D eigenvalue weighted by atomic mass is 10.2. The summed E-state index contributed by atoms with van der Waals surface area (Å²) in [6, 6.07) is 15.8. The van der Waals surface area contributed by atoms with Crippen LogP contribution in [0.4, 0.5) is 5.69 Å². The normalized spacial score (nSPS) is 15.7. The summed E-state index contributed by atoms with van der Waals surface area (Å²) in [6.07, 6.45) is 0. The molecule has 0 amide bonds. The van der Waals surface area contributed by atoms with Crippen LogP contribution in [0, 0.1) is 0 Å². The van der Waals surface area contributed by atoms with E-state index >= 15 is 0 Å². The number of ether oxygens (including phenoxy) is 1. The molecule has 122 valence electrons. The Morgan fingerprint density at radius 3 is 2.39 bits per heavy atom. The Labute approximate surface area is 147 Å². The van der Waals surface area contributed by atoms with Crippen molar-refractivity contribution in [2.75, 3.05) is 44.2 Å². The molecule has 1 saturated heterocycles. The van der Waals surface area contributed by atoms with Gasteiger partial charge in [-0.1, -0.05) is 41.4 Å². The van der Waals surface area contributed by atoms with Gasteiger partial charge in [0, 0.05) is 49.5 Å². The maximum atomic E-state index is 6.10. The van der Waals surface area contributed by atoms with E-state index in [4.69, 9.17) is 27.9 Å². The van der Waals surface area contributed by atoms with Gasteiger partial charge in [0.15, 0.2) is 0 Å². The number of rotatable bonds is 5. The summed E-state index contributed by atoms with van der Waals surface area (Å²) in [7, 11) is 0. The average Bonchev–Trinajstić information content (AvgIpc) is 2.59. The summed E-state index contributed by atoms with van der Waals surface area (Å²) < 4.78 is 5.76. The third kappa shape index (κ3) is 4.54. The molecule has 3 nitrogen and oxygen atoms in total. The molecule has 0 atom stereocenters. The van der Waals surface area contributed by atoms with Crippen LogP contribution in [-0.2, 0) is 0 Å². The van der Waals surface area contributed by atoms with Crippen LogP contribution in [0.5, 0.6) is 5.75 Å².